The van der Waals surface area contributed by atoms with Crippen LogP contribution in [0.2, 0.25) is 4.34 Å². The molecule has 0 saturated heterocycles. The van der Waals surface area contributed by atoms with Crippen molar-refractivity contribution < 1.29 is 14.7 Å². The summed E-state index contributed by atoms with van der Waals surface area (Å²) in [5.41, 5.74) is 0. The third-order valence-electron chi connectivity index (χ3n) is 3.22. The van der Waals surface area contributed by atoms with Gasteiger partial charge in [-0.25, -0.2) is 0 Å². The van der Waals surface area contributed by atoms with Crippen molar-refractivity contribution in [3.63, 3.8) is 0 Å². The summed E-state index contributed by atoms with van der Waals surface area (Å²) < 4.78 is 0.803. The number of hydrogen-bond acceptors (Lipinski definition) is 3. The lowest BCUT2D eigenvalue weighted by atomic mass is 10.2. The number of nitrogens with one attached hydrogen (secondary N) is 1. The fraction of sp³-hybridized carbons (Fsp3) is 0.538. The molecule has 0 spiro atoms. The molecule has 1 aliphatic rings. The minimum atomic E-state index is -0.866. The molecule has 2 unspecified atom stereocenters. The number of carbonyl (C=O) groups is 2. The van der Waals surface area contributed by atoms with Gasteiger partial charge in [0.2, 0.25) is 5.91 Å². The number of hydrogen-bond donors (Lipinski definition) is 2. The summed E-state index contributed by atoms with van der Waals surface area (Å²) in [5, 5.41) is 11.5. The molecule has 0 aliphatic heterocycles. The molecule has 19 heavy (non-hydrogen) atoms. The third-order valence-corrected chi connectivity index (χ3v) is 4.51. The van der Waals surface area contributed by atoms with Gasteiger partial charge in [-0.2, -0.15) is 0 Å². The Morgan fingerprint density at radius 1 is 1.37 bits per heavy atom. The molecule has 0 radical (unpaired) electrons. The average molecular weight is 302 g/mol. The number of amides is 1. The summed E-state index contributed by atoms with van der Waals surface area (Å²) in [6.07, 6.45) is 3.33. The lowest BCUT2D eigenvalue weighted by Gasteiger charge is -2.03. The molecule has 2 rings (SSSR count). The summed E-state index contributed by atoms with van der Waals surface area (Å²) in [6.45, 7) is 0.612. The van der Waals surface area contributed by atoms with Crippen molar-refractivity contribution in [2.45, 2.75) is 25.7 Å². The highest BCUT2D eigenvalue weighted by Gasteiger charge is 2.48. The molecule has 4 nitrogen and oxygen atoms in total. The average Bonchev–Trinajstić information content (AvgIpc) is 3.07. The van der Waals surface area contributed by atoms with Crippen LogP contribution in [0, 0.1) is 11.8 Å². The largest absolute Gasteiger partial charge is 0.481 e. The van der Waals surface area contributed by atoms with Gasteiger partial charge >= 0.3 is 5.97 Å². The van der Waals surface area contributed by atoms with E-state index in [0.717, 1.165) is 23.6 Å². The number of aliphatic carboxylic acids is 1. The molecular formula is C13H16ClNO3S. The van der Waals surface area contributed by atoms with Crippen LogP contribution in [0.25, 0.3) is 0 Å². The second-order valence-corrected chi connectivity index (χ2v) is 6.54. The highest BCUT2D eigenvalue weighted by Crippen LogP contribution is 2.38. The van der Waals surface area contributed by atoms with Crippen LogP contribution in [-0.2, 0) is 16.0 Å². The number of carboxylic acids is 1. The van der Waals surface area contributed by atoms with Crippen molar-refractivity contribution in [3.05, 3.63) is 21.3 Å². The molecule has 1 aromatic rings. The van der Waals surface area contributed by atoms with Gasteiger partial charge in [0.05, 0.1) is 16.2 Å². The van der Waals surface area contributed by atoms with Gasteiger partial charge in [0.25, 0.3) is 0 Å². The van der Waals surface area contributed by atoms with Crippen LogP contribution in [0.4, 0.5) is 0 Å². The molecule has 1 aliphatic carbocycles. The zero-order valence-electron chi connectivity index (χ0n) is 10.4. The smallest absolute Gasteiger partial charge is 0.307 e. The van der Waals surface area contributed by atoms with Gasteiger partial charge in [0.15, 0.2) is 0 Å². The Morgan fingerprint density at radius 2 is 2.16 bits per heavy atom. The fourth-order valence-electron chi connectivity index (χ4n) is 2.01. The zero-order chi connectivity index (χ0) is 13.8. The van der Waals surface area contributed by atoms with Gasteiger partial charge in [-0.05, 0) is 37.8 Å². The molecule has 6 heteroatoms. The Labute approximate surface area is 120 Å². The van der Waals surface area contributed by atoms with E-state index in [2.05, 4.69) is 5.32 Å². The van der Waals surface area contributed by atoms with E-state index in [4.69, 9.17) is 16.7 Å². The van der Waals surface area contributed by atoms with Crippen molar-refractivity contribution in [2.75, 3.05) is 6.54 Å². The van der Waals surface area contributed by atoms with Crippen molar-refractivity contribution in [3.8, 4) is 0 Å². The van der Waals surface area contributed by atoms with Gasteiger partial charge in [-0.3, -0.25) is 9.59 Å². The predicted molar refractivity (Wildman–Crippen MR) is 74.5 cm³/mol. The van der Waals surface area contributed by atoms with Crippen LogP contribution in [0.3, 0.4) is 0 Å². The number of rotatable bonds is 7. The number of aryl methyl sites for hydroxylation is 1. The van der Waals surface area contributed by atoms with E-state index >= 15 is 0 Å². The predicted octanol–water partition coefficient (Wildman–Crippen LogP) is 2.56. The monoisotopic (exact) mass is 301 g/mol. The first kappa shape index (κ1) is 14.3. The quantitative estimate of drug-likeness (QED) is 0.761. The van der Waals surface area contributed by atoms with Crippen LogP contribution >= 0.6 is 22.9 Å². The summed E-state index contributed by atoms with van der Waals surface area (Å²) in [5.74, 6) is -1.76. The highest BCUT2D eigenvalue weighted by atomic mass is 35.5. The number of thiophene rings is 1. The van der Waals surface area contributed by atoms with Gasteiger partial charge < -0.3 is 10.4 Å². The fourth-order valence-corrected chi connectivity index (χ4v) is 3.14. The lowest BCUT2D eigenvalue weighted by Crippen LogP contribution is -2.27. The van der Waals surface area contributed by atoms with Crippen LogP contribution in [0.5, 0.6) is 0 Å². The van der Waals surface area contributed by atoms with Crippen LogP contribution < -0.4 is 5.32 Å². The third kappa shape index (κ3) is 4.21. The number of halogens is 1. The number of unbranched alkanes of at least 4 members (excludes halogenated alkanes) is 1. The summed E-state index contributed by atoms with van der Waals surface area (Å²) >= 11 is 7.42. The van der Waals surface area contributed by atoms with Gasteiger partial charge in [0, 0.05) is 11.4 Å². The molecule has 2 N–H and O–H groups in total. The lowest BCUT2D eigenvalue weighted by molar-refractivity contribution is -0.140. The van der Waals surface area contributed by atoms with Crippen LogP contribution in [0.15, 0.2) is 12.1 Å². The van der Waals surface area contributed by atoms with Crippen molar-refractivity contribution >= 4 is 34.8 Å². The van der Waals surface area contributed by atoms with E-state index in [9.17, 15) is 9.59 Å². The second kappa shape index (κ2) is 6.39. The zero-order valence-corrected chi connectivity index (χ0v) is 12.0. The van der Waals surface area contributed by atoms with Crippen LogP contribution in [0.1, 0.15) is 24.1 Å². The minimum absolute atomic E-state index is 0.119. The molecule has 1 aromatic heterocycles. The van der Waals surface area contributed by atoms with Crippen LogP contribution in [-0.4, -0.2) is 23.5 Å². The molecule has 0 aromatic carbocycles. The van der Waals surface area contributed by atoms with E-state index in [1.807, 2.05) is 12.1 Å². The highest BCUT2D eigenvalue weighted by molar-refractivity contribution is 7.16. The normalized spacial score (nSPS) is 21.1. The Hall–Kier alpha value is -1.07. The molecule has 1 amide bonds. The summed E-state index contributed by atoms with van der Waals surface area (Å²) in [7, 11) is 0. The Balaban J connectivity index is 1.55. The Bertz CT molecular complexity index is 474. The maximum Gasteiger partial charge on any atom is 0.307 e. The molecule has 0 bridgehead atoms. The number of carbonyl (C=O) groups excluding carboxylic acids is 1. The van der Waals surface area contributed by atoms with E-state index in [-0.39, 0.29) is 11.8 Å². The van der Waals surface area contributed by atoms with E-state index in [0.29, 0.717) is 13.0 Å². The maximum atomic E-state index is 11.6. The van der Waals surface area contributed by atoms with Gasteiger partial charge in [-0.15, -0.1) is 11.3 Å². The molecular weight excluding hydrogens is 286 g/mol. The molecule has 1 heterocycles. The second-order valence-electron chi connectivity index (χ2n) is 4.74. The first-order valence-electron chi connectivity index (χ1n) is 6.32. The maximum absolute atomic E-state index is 11.6. The standard InChI is InChI=1S/C13H16ClNO3S/c14-11-5-4-8(19-11)3-1-2-6-15-12(16)9-7-10(9)13(17)18/h4-5,9-10H,1-3,6-7H2,(H,15,16)(H,17,18). The van der Waals surface area contributed by atoms with Crippen molar-refractivity contribution in [1.29, 1.82) is 0 Å². The summed E-state index contributed by atoms with van der Waals surface area (Å²) in [4.78, 5) is 23.4. The first-order valence-corrected chi connectivity index (χ1v) is 7.52. The SMILES string of the molecule is O=C(O)C1CC1C(=O)NCCCCc1ccc(Cl)s1. The minimum Gasteiger partial charge on any atom is -0.481 e. The van der Waals surface area contributed by atoms with E-state index in [1.54, 1.807) is 11.3 Å². The molecule has 1 saturated carbocycles. The molecule has 104 valence electrons. The Kier molecular flexibility index (Phi) is 4.82. The molecule has 2 atom stereocenters. The number of carboxylic acid groups (broad SMARTS) is 1. The van der Waals surface area contributed by atoms with Crippen molar-refractivity contribution in [1.82, 2.24) is 5.32 Å². The van der Waals surface area contributed by atoms with Gasteiger partial charge in [0.1, 0.15) is 0 Å². The topological polar surface area (TPSA) is 66.4 Å². The van der Waals surface area contributed by atoms with E-state index < -0.39 is 11.9 Å². The van der Waals surface area contributed by atoms with E-state index in [1.165, 1.54) is 4.88 Å². The molecule has 1 fully saturated rings. The summed E-state index contributed by atoms with van der Waals surface area (Å²) in [6, 6.07) is 3.91. The first-order chi connectivity index (χ1) is 9.08. The van der Waals surface area contributed by atoms with Crippen molar-refractivity contribution in [2.24, 2.45) is 11.8 Å². The van der Waals surface area contributed by atoms with Gasteiger partial charge in [-0.1, -0.05) is 11.6 Å². The Morgan fingerprint density at radius 3 is 2.74 bits per heavy atom.